The fourth-order valence-electron chi connectivity index (χ4n) is 0.745. The summed E-state index contributed by atoms with van der Waals surface area (Å²) < 4.78 is 9.83. The number of hydrogen-bond acceptors (Lipinski definition) is 3. The second-order valence-corrected chi connectivity index (χ2v) is 2.10. The summed E-state index contributed by atoms with van der Waals surface area (Å²) in [6.45, 7) is 2.36. The van der Waals surface area contributed by atoms with Crippen LogP contribution < -0.4 is 0 Å². The third kappa shape index (κ3) is 2.19. The summed E-state index contributed by atoms with van der Waals surface area (Å²) in [5.41, 5.74) is 0. The van der Waals surface area contributed by atoms with Crippen LogP contribution in [0.4, 0.5) is 0 Å². The summed E-state index contributed by atoms with van der Waals surface area (Å²) in [6.07, 6.45) is 3.78. The zero-order valence-corrected chi connectivity index (χ0v) is 5.87. The average molecular weight is 142 g/mol. The Bertz CT molecular complexity index is 151. The van der Waals surface area contributed by atoms with Crippen LogP contribution in [0.15, 0.2) is 12.2 Å². The highest BCUT2D eigenvalue weighted by Gasteiger charge is 2.09. The molecular weight excluding hydrogens is 132 g/mol. The Labute approximate surface area is 59.6 Å². The molecule has 1 rings (SSSR count). The minimum Gasteiger partial charge on any atom is -0.463 e. The van der Waals surface area contributed by atoms with Gasteiger partial charge in [0.1, 0.15) is 12.7 Å². The molecule has 3 nitrogen and oxygen atoms in total. The predicted octanol–water partition coefficient (Wildman–Crippen LogP) is 0.504. The van der Waals surface area contributed by atoms with E-state index in [1.165, 1.54) is 6.92 Å². The predicted molar refractivity (Wildman–Crippen MR) is 35.5 cm³/mol. The molecule has 0 amide bonds. The number of esters is 1. The van der Waals surface area contributed by atoms with Crippen LogP contribution in [0.1, 0.15) is 6.92 Å². The molecule has 0 unspecified atom stereocenters. The normalized spacial score (nSPS) is 23.1. The molecule has 1 heterocycles. The van der Waals surface area contributed by atoms with E-state index in [-0.39, 0.29) is 12.1 Å². The minimum absolute atomic E-state index is 0.0242. The Hall–Kier alpha value is -0.830. The summed E-state index contributed by atoms with van der Waals surface area (Å²) >= 11 is 0. The summed E-state index contributed by atoms with van der Waals surface area (Å²) in [5.74, 6) is -0.260. The molecule has 0 aromatic carbocycles. The lowest BCUT2D eigenvalue weighted by Gasteiger charge is -2.06. The van der Waals surface area contributed by atoms with Crippen molar-refractivity contribution in [3.63, 3.8) is 0 Å². The number of carbonyl (C=O) groups is 1. The van der Waals surface area contributed by atoms with Crippen molar-refractivity contribution < 1.29 is 14.3 Å². The van der Waals surface area contributed by atoms with E-state index in [9.17, 15) is 4.79 Å². The van der Waals surface area contributed by atoms with Crippen molar-refractivity contribution in [3.05, 3.63) is 12.2 Å². The summed E-state index contributed by atoms with van der Waals surface area (Å²) in [6, 6.07) is 0. The van der Waals surface area contributed by atoms with Gasteiger partial charge in [-0.1, -0.05) is 12.2 Å². The van der Waals surface area contributed by atoms with Gasteiger partial charge in [-0.2, -0.15) is 0 Å². The van der Waals surface area contributed by atoms with Gasteiger partial charge >= 0.3 is 5.97 Å². The SMILES string of the molecule is CC(=O)OC[C@H]1C=CCO1. The molecule has 0 saturated heterocycles. The maximum Gasteiger partial charge on any atom is 0.302 e. The second-order valence-electron chi connectivity index (χ2n) is 2.10. The lowest BCUT2D eigenvalue weighted by molar-refractivity contribution is -0.143. The summed E-state index contributed by atoms with van der Waals surface area (Å²) in [5, 5.41) is 0. The summed E-state index contributed by atoms with van der Waals surface area (Å²) in [7, 11) is 0. The molecule has 1 aliphatic heterocycles. The van der Waals surface area contributed by atoms with Gasteiger partial charge in [-0.25, -0.2) is 0 Å². The van der Waals surface area contributed by atoms with Crippen LogP contribution >= 0.6 is 0 Å². The van der Waals surface area contributed by atoms with E-state index in [1.807, 2.05) is 12.2 Å². The van der Waals surface area contributed by atoms with E-state index >= 15 is 0 Å². The lowest BCUT2D eigenvalue weighted by atomic mass is 10.4. The average Bonchev–Trinajstić information content (AvgIpc) is 2.34. The van der Waals surface area contributed by atoms with Crippen LogP contribution in [0.5, 0.6) is 0 Å². The molecule has 1 aliphatic rings. The first-order valence-electron chi connectivity index (χ1n) is 3.20. The van der Waals surface area contributed by atoms with Gasteiger partial charge in [0.05, 0.1) is 6.61 Å². The standard InChI is InChI=1S/C7H10O3/c1-6(8)10-5-7-3-2-4-9-7/h2-3,7H,4-5H2,1H3/t7-/m1/s1. The van der Waals surface area contributed by atoms with Crippen LogP contribution in [0.3, 0.4) is 0 Å². The number of hydrogen-bond donors (Lipinski definition) is 0. The van der Waals surface area contributed by atoms with Crippen LogP contribution in [0, 0.1) is 0 Å². The first kappa shape index (κ1) is 7.28. The Morgan fingerprint density at radius 1 is 1.90 bits per heavy atom. The van der Waals surface area contributed by atoms with Crippen molar-refractivity contribution in [2.45, 2.75) is 13.0 Å². The van der Waals surface area contributed by atoms with Gasteiger partial charge in [0, 0.05) is 6.92 Å². The van der Waals surface area contributed by atoms with E-state index in [0.717, 1.165) is 0 Å². The molecule has 0 saturated carbocycles. The van der Waals surface area contributed by atoms with Crippen molar-refractivity contribution in [1.82, 2.24) is 0 Å². The Kier molecular flexibility index (Phi) is 2.45. The van der Waals surface area contributed by atoms with Crippen LogP contribution in [-0.2, 0) is 14.3 Å². The first-order valence-corrected chi connectivity index (χ1v) is 3.20. The van der Waals surface area contributed by atoms with E-state index in [2.05, 4.69) is 0 Å². The van der Waals surface area contributed by atoms with Crippen molar-refractivity contribution in [2.75, 3.05) is 13.2 Å². The zero-order valence-electron chi connectivity index (χ0n) is 5.87. The molecule has 0 fully saturated rings. The smallest absolute Gasteiger partial charge is 0.302 e. The number of carbonyl (C=O) groups excluding carboxylic acids is 1. The van der Waals surface area contributed by atoms with Crippen molar-refractivity contribution in [2.24, 2.45) is 0 Å². The van der Waals surface area contributed by atoms with Gasteiger partial charge < -0.3 is 9.47 Å². The van der Waals surface area contributed by atoms with Gasteiger partial charge in [0.15, 0.2) is 0 Å². The fourth-order valence-corrected chi connectivity index (χ4v) is 0.745. The quantitative estimate of drug-likeness (QED) is 0.416. The number of ether oxygens (including phenoxy) is 2. The molecule has 0 aromatic heterocycles. The van der Waals surface area contributed by atoms with E-state index < -0.39 is 0 Å². The lowest BCUT2D eigenvalue weighted by Crippen LogP contribution is -2.15. The van der Waals surface area contributed by atoms with E-state index in [1.54, 1.807) is 0 Å². The third-order valence-electron chi connectivity index (χ3n) is 1.21. The monoisotopic (exact) mass is 142 g/mol. The largest absolute Gasteiger partial charge is 0.463 e. The zero-order chi connectivity index (χ0) is 7.40. The molecule has 0 bridgehead atoms. The maximum absolute atomic E-state index is 10.3. The Balaban J connectivity index is 2.13. The molecule has 0 aliphatic carbocycles. The Morgan fingerprint density at radius 3 is 3.20 bits per heavy atom. The third-order valence-corrected chi connectivity index (χ3v) is 1.21. The molecule has 10 heavy (non-hydrogen) atoms. The molecular formula is C7H10O3. The van der Waals surface area contributed by atoms with Crippen molar-refractivity contribution in [3.8, 4) is 0 Å². The van der Waals surface area contributed by atoms with Gasteiger partial charge in [-0.15, -0.1) is 0 Å². The topological polar surface area (TPSA) is 35.5 Å². The van der Waals surface area contributed by atoms with Crippen LogP contribution in [-0.4, -0.2) is 25.3 Å². The maximum atomic E-state index is 10.3. The van der Waals surface area contributed by atoms with Gasteiger partial charge in [-0.3, -0.25) is 4.79 Å². The van der Waals surface area contributed by atoms with Crippen LogP contribution in [0.25, 0.3) is 0 Å². The van der Waals surface area contributed by atoms with Gasteiger partial charge in [0.2, 0.25) is 0 Å². The van der Waals surface area contributed by atoms with Gasteiger partial charge in [0.25, 0.3) is 0 Å². The minimum atomic E-state index is -0.260. The molecule has 0 radical (unpaired) electrons. The van der Waals surface area contributed by atoms with E-state index in [4.69, 9.17) is 9.47 Å². The molecule has 0 aromatic rings. The van der Waals surface area contributed by atoms with E-state index in [0.29, 0.717) is 13.2 Å². The highest BCUT2D eigenvalue weighted by molar-refractivity contribution is 5.65. The Morgan fingerprint density at radius 2 is 2.70 bits per heavy atom. The molecule has 0 spiro atoms. The van der Waals surface area contributed by atoms with Crippen LogP contribution in [0.2, 0.25) is 0 Å². The summed E-state index contributed by atoms with van der Waals surface area (Å²) in [4.78, 5) is 10.3. The van der Waals surface area contributed by atoms with Crippen molar-refractivity contribution >= 4 is 5.97 Å². The van der Waals surface area contributed by atoms with Gasteiger partial charge in [-0.05, 0) is 0 Å². The first-order chi connectivity index (χ1) is 4.79. The molecule has 0 N–H and O–H groups in total. The molecule has 1 atom stereocenters. The highest BCUT2D eigenvalue weighted by Crippen LogP contribution is 2.02. The molecule has 56 valence electrons. The highest BCUT2D eigenvalue weighted by atomic mass is 16.6. The number of rotatable bonds is 2. The second kappa shape index (κ2) is 3.37. The molecule has 3 heteroatoms. The van der Waals surface area contributed by atoms with Crippen molar-refractivity contribution in [1.29, 1.82) is 0 Å². The fraction of sp³-hybridized carbons (Fsp3) is 0.571.